The SMILES string of the molecule is COc1ccc(NC(=O)c2ccc(-c3nn[nH]n3)cc2)cc1.COc1ccc(NC(=O)c2ccc(-c3nn[nH]n3)cc2)cc1.COc1ccc(NC(=O)c2ccc(-c3nn[nH]n3)cc2)cc1.COc1ccc(NC(=O)c2ccc(-c3nn[nH]n3)cc2)cc1.Cc1ccc(NC(=O)c2ccc(-c3nn[nH]n3)cc2)cc1. The number of nitrogens with zero attached hydrogens (tertiary/aromatic N) is 15. The van der Waals surface area contributed by atoms with Gasteiger partial charge in [0.05, 0.1) is 28.4 Å². The molecule has 0 atom stereocenters. The third-order valence-electron chi connectivity index (χ3n) is 15.5. The van der Waals surface area contributed by atoms with Crippen LogP contribution in [0.4, 0.5) is 28.4 Å². The van der Waals surface area contributed by atoms with Gasteiger partial charge in [0.2, 0.25) is 29.1 Å². The van der Waals surface area contributed by atoms with Crippen LogP contribution in [-0.4, -0.2) is 161 Å². The highest BCUT2D eigenvalue weighted by Crippen LogP contribution is 2.24. The first-order chi connectivity index (χ1) is 53.3. The predicted octanol–water partition coefficient (Wildman–Crippen LogP) is 10.9. The van der Waals surface area contributed by atoms with Gasteiger partial charge in [-0.15, -0.1) is 51.0 Å². The number of hydrogen-bond donors (Lipinski definition) is 10. The van der Waals surface area contributed by atoms with Crippen LogP contribution in [0.2, 0.25) is 0 Å². The van der Waals surface area contributed by atoms with Gasteiger partial charge in [-0.2, -0.15) is 26.1 Å². The maximum atomic E-state index is 12.2. The summed E-state index contributed by atoms with van der Waals surface area (Å²) in [4.78, 5) is 60.8. The molecule has 34 heteroatoms. The van der Waals surface area contributed by atoms with Gasteiger partial charge in [-0.05, 0) is 203 Å². The van der Waals surface area contributed by atoms with Crippen molar-refractivity contribution in [3.8, 4) is 79.9 Å². The lowest BCUT2D eigenvalue weighted by Crippen LogP contribution is -2.11. The second-order valence-corrected chi connectivity index (χ2v) is 22.6. The Morgan fingerprint density at radius 3 is 0.550 bits per heavy atom. The smallest absolute Gasteiger partial charge is 0.255 e. The maximum Gasteiger partial charge on any atom is 0.255 e. The van der Waals surface area contributed by atoms with Crippen LogP contribution in [0.3, 0.4) is 0 Å². The van der Waals surface area contributed by atoms with Gasteiger partial charge in [0.25, 0.3) is 29.5 Å². The molecule has 544 valence electrons. The third-order valence-corrected chi connectivity index (χ3v) is 15.5. The molecule has 0 aliphatic heterocycles. The number of tetrazole rings is 5. The number of amides is 5. The van der Waals surface area contributed by atoms with E-state index in [1.807, 2.05) is 31.2 Å². The standard InChI is InChI=1S/4C15H13N5O2.C15H13N5O/c4*1-22-13-8-6-12(7-9-13)16-15(21)11-4-2-10(3-5-11)14-17-19-20-18-14;1-10-2-8-13(9-3-10)16-15(21)12-6-4-11(5-7-12)14-17-19-20-18-14/h4*2-9H,1H3,(H,16,21)(H,17,18,19,20);2-9H,1H3,(H,16,21)(H,17,18,19,20). The van der Waals surface area contributed by atoms with E-state index < -0.39 is 0 Å². The van der Waals surface area contributed by atoms with Gasteiger partial charge in [0.1, 0.15) is 23.0 Å². The molecule has 10 N–H and O–H groups in total. The molecule has 0 spiro atoms. The number of aryl methyl sites for hydroxylation is 1. The van der Waals surface area contributed by atoms with E-state index in [-0.39, 0.29) is 29.5 Å². The number of benzene rings is 10. The Kier molecular flexibility index (Phi) is 25.4. The molecule has 5 aromatic heterocycles. The lowest BCUT2D eigenvalue weighted by atomic mass is 10.1. The monoisotopic (exact) mass is 1460 g/mol. The number of hydrogen-bond acceptors (Lipinski definition) is 24. The summed E-state index contributed by atoms with van der Waals surface area (Å²) in [6.07, 6.45) is 0. The van der Waals surface area contributed by atoms with Crippen LogP contribution in [0.25, 0.3) is 56.9 Å². The Morgan fingerprint density at radius 1 is 0.239 bits per heavy atom. The second kappa shape index (κ2) is 37.3. The Balaban J connectivity index is 0.000000135. The number of methoxy groups -OCH3 is 4. The van der Waals surface area contributed by atoms with E-state index >= 15 is 0 Å². The molecular weight excluding hydrogens is 1390 g/mol. The molecule has 15 aromatic rings. The van der Waals surface area contributed by atoms with Gasteiger partial charge in [-0.25, -0.2) is 0 Å². The van der Waals surface area contributed by atoms with E-state index in [9.17, 15) is 24.0 Å². The van der Waals surface area contributed by atoms with Crippen molar-refractivity contribution in [2.45, 2.75) is 6.92 Å². The first-order valence-electron chi connectivity index (χ1n) is 32.7. The zero-order valence-corrected chi connectivity index (χ0v) is 58.5. The van der Waals surface area contributed by atoms with Crippen LogP contribution in [0, 0.1) is 6.92 Å². The van der Waals surface area contributed by atoms with Gasteiger partial charge >= 0.3 is 0 Å². The fraction of sp³-hybridized carbons (Fsp3) is 0.0667. The van der Waals surface area contributed by atoms with E-state index in [1.54, 1.807) is 247 Å². The van der Waals surface area contributed by atoms with Gasteiger partial charge in [0.15, 0.2) is 0 Å². The maximum absolute atomic E-state index is 12.2. The lowest BCUT2D eigenvalue weighted by Gasteiger charge is -2.06. The molecular formula is C75H65N25O9. The number of ether oxygens (including phenoxy) is 4. The molecule has 0 saturated carbocycles. The van der Waals surface area contributed by atoms with Crippen LogP contribution in [0.5, 0.6) is 23.0 Å². The number of anilines is 5. The number of H-pyrrole nitrogens is 5. The molecule has 5 amide bonds. The van der Waals surface area contributed by atoms with E-state index in [0.29, 0.717) is 79.7 Å². The Morgan fingerprint density at radius 2 is 0.404 bits per heavy atom. The van der Waals surface area contributed by atoms with Crippen molar-refractivity contribution >= 4 is 58.0 Å². The Hall–Kier alpha value is -15.9. The average Bonchev–Trinajstić information content (AvgIpc) is 1.85. The van der Waals surface area contributed by atoms with Crippen molar-refractivity contribution in [2.24, 2.45) is 0 Å². The fourth-order valence-corrected chi connectivity index (χ4v) is 9.62. The van der Waals surface area contributed by atoms with Crippen LogP contribution in [0.1, 0.15) is 57.4 Å². The zero-order chi connectivity index (χ0) is 76.1. The molecule has 5 heterocycles. The van der Waals surface area contributed by atoms with Gasteiger partial charge < -0.3 is 45.5 Å². The predicted molar refractivity (Wildman–Crippen MR) is 401 cm³/mol. The zero-order valence-electron chi connectivity index (χ0n) is 58.5. The van der Waals surface area contributed by atoms with E-state index in [0.717, 1.165) is 62.1 Å². The topological polar surface area (TPSA) is 455 Å². The van der Waals surface area contributed by atoms with Crippen LogP contribution < -0.4 is 45.5 Å². The highest BCUT2D eigenvalue weighted by molar-refractivity contribution is 6.07. The number of rotatable bonds is 19. The summed E-state index contributed by atoms with van der Waals surface area (Å²) in [6.45, 7) is 2.00. The van der Waals surface area contributed by atoms with Crippen LogP contribution in [-0.2, 0) is 0 Å². The molecule has 0 unspecified atom stereocenters. The highest BCUT2D eigenvalue weighted by Gasteiger charge is 2.15. The minimum atomic E-state index is -0.190. The van der Waals surface area contributed by atoms with Gasteiger partial charge in [-0.3, -0.25) is 24.0 Å². The molecule has 0 fully saturated rings. The Labute approximate surface area is 619 Å². The minimum absolute atomic E-state index is 0.154. The van der Waals surface area contributed by atoms with Crippen molar-refractivity contribution in [1.29, 1.82) is 0 Å². The number of aromatic nitrogens is 20. The summed E-state index contributed by atoms with van der Waals surface area (Å²) < 4.78 is 20.3. The first kappa shape index (κ1) is 74.3. The van der Waals surface area contributed by atoms with E-state index in [1.165, 1.54) is 0 Å². The second-order valence-electron chi connectivity index (χ2n) is 22.6. The molecule has 109 heavy (non-hydrogen) atoms. The van der Waals surface area contributed by atoms with E-state index in [2.05, 4.69) is 130 Å². The molecule has 0 aliphatic carbocycles. The largest absolute Gasteiger partial charge is 0.497 e. The Bertz CT molecular complexity index is 4760. The molecule has 0 aliphatic rings. The molecule has 15 rings (SSSR count). The number of aromatic amines is 5. The lowest BCUT2D eigenvalue weighted by molar-refractivity contribution is 0.101. The van der Waals surface area contributed by atoms with Gasteiger partial charge in [-0.1, -0.05) is 78.4 Å². The van der Waals surface area contributed by atoms with E-state index in [4.69, 9.17) is 18.9 Å². The minimum Gasteiger partial charge on any atom is -0.497 e. The first-order valence-corrected chi connectivity index (χ1v) is 32.7. The molecule has 0 bridgehead atoms. The summed E-state index contributed by atoms with van der Waals surface area (Å²) in [6, 6.07) is 71.1. The fourth-order valence-electron chi connectivity index (χ4n) is 9.62. The quantitative estimate of drug-likeness (QED) is 0.0359. The highest BCUT2D eigenvalue weighted by atomic mass is 16.5. The van der Waals surface area contributed by atoms with Crippen molar-refractivity contribution in [3.05, 3.63) is 276 Å². The molecule has 34 nitrogen and oxygen atoms in total. The molecule has 0 saturated heterocycles. The normalized spacial score (nSPS) is 10.2. The van der Waals surface area contributed by atoms with Gasteiger partial charge in [0, 0.05) is 84.1 Å². The van der Waals surface area contributed by atoms with Crippen molar-refractivity contribution in [3.63, 3.8) is 0 Å². The number of nitrogens with one attached hydrogen (secondary N) is 10. The van der Waals surface area contributed by atoms with Crippen molar-refractivity contribution in [2.75, 3.05) is 55.0 Å². The number of carbonyl (C=O) groups excluding carboxylic acids is 5. The summed E-state index contributed by atoms with van der Waals surface area (Å²) in [5.41, 5.74) is 11.4. The van der Waals surface area contributed by atoms with Crippen LogP contribution >= 0.6 is 0 Å². The van der Waals surface area contributed by atoms with Crippen molar-refractivity contribution < 1.29 is 42.9 Å². The third kappa shape index (κ3) is 21.4. The average molecular weight is 1460 g/mol. The molecule has 10 aromatic carbocycles. The number of carbonyl (C=O) groups is 5. The van der Waals surface area contributed by atoms with Crippen LogP contribution in [0.15, 0.2) is 243 Å². The summed E-state index contributed by atoms with van der Waals surface area (Å²) in [5, 5.41) is 82.4. The summed E-state index contributed by atoms with van der Waals surface area (Å²) >= 11 is 0. The summed E-state index contributed by atoms with van der Waals surface area (Å²) in [7, 11) is 6.38. The summed E-state index contributed by atoms with van der Waals surface area (Å²) in [5.74, 6) is 4.49. The van der Waals surface area contributed by atoms with Crippen molar-refractivity contribution in [1.82, 2.24) is 103 Å². The molecule has 0 radical (unpaired) electrons.